The van der Waals surface area contributed by atoms with Gasteiger partial charge in [-0.2, -0.15) is 0 Å². The maximum absolute atomic E-state index is 12.6. The van der Waals surface area contributed by atoms with Crippen molar-refractivity contribution in [2.45, 2.75) is 103 Å². The summed E-state index contributed by atoms with van der Waals surface area (Å²) in [6.45, 7) is 5.94. The Morgan fingerprint density at radius 3 is 1.92 bits per heavy atom. The summed E-state index contributed by atoms with van der Waals surface area (Å²) in [5.41, 5.74) is 5.50. The van der Waals surface area contributed by atoms with Gasteiger partial charge in [-0.1, -0.05) is 52.5 Å². The van der Waals surface area contributed by atoms with Gasteiger partial charge in [-0.15, -0.1) is 0 Å². The number of methoxy groups -OCH3 is 1. The van der Waals surface area contributed by atoms with E-state index in [0.717, 1.165) is 32.1 Å². The van der Waals surface area contributed by atoms with E-state index in [1.807, 2.05) is 20.8 Å². The van der Waals surface area contributed by atoms with Gasteiger partial charge < -0.3 is 24.7 Å². The molecule has 0 spiro atoms. The van der Waals surface area contributed by atoms with Gasteiger partial charge in [0, 0.05) is 32.1 Å². The van der Waals surface area contributed by atoms with Crippen molar-refractivity contribution in [3.8, 4) is 11.5 Å². The molecule has 0 amide bonds. The van der Waals surface area contributed by atoms with Crippen LogP contribution >= 0.6 is 0 Å². The van der Waals surface area contributed by atoms with Gasteiger partial charge >= 0.3 is 23.9 Å². The van der Waals surface area contributed by atoms with Crippen LogP contribution < -0.4 is 15.2 Å². The fraction of sp³-hybridized carbons (Fsp3) is 0.643. The van der Waals surface area contributed by atoms with E-state index in [9.17, 15) is 19.2 Å². The lowest BCUT2D eigenvalue weighted by atomic mass is 9.88. The molecule has 0 radical (unpaired) electrons. The molecule has 1 aromatic rings. The predicted molar refractivity (Wildman–Crippen MR) is 139 cm³/mol. The average molecular weight is 522 g/mol. The Hall–Kier alpha value is -2.94. The molecule has 0 aromatic heterocycles. The summed E-state index contributed by atoms with van der Waals surface area (Å²) in [4.78, 5) is 49.0. The Labute approximate surface area is 220 Å². The highest BCUT2D eigenvalue weighted by Gasteiger charge is 2.36. The fourth-order valence-corrected chi connectivity index (χ4v) is 3.58. The van der Waals surface area contributed by atoms with E-state index in [4.69, 9.17) is 24.7 Å². The van der Waals surface area contributed by atoms with E-state index in [0.29, 0.717) is 24.8 Å². The van der Waals surface area contributed by atoms with Gasteiger partial charge in [0.1, 0.15) is 5.54 Å². The van der Waals surface area contributed by atoms with Crippen molar-refractivity contribution in [2.75, 3.05) is 13.7 Å². The number of hydrogen-bond acceptors (Lipinski definition) is 9. The largest absolute Gasteiger partial charge is 0.468 e. The van der Waals surface area contributed by atoms with E-state index in [1.165, 1.54) is 19.2 Å². The minimum Gasteiger partial charge on any atom is -0.468 e. The maximum atomic E-state index is 12.6. The lowest BCUT2D eigenvalue weighted by Gasteiger charge is -2.27. The van der Waals surface area contributed by atoms with Crippen LogP contribution in [-0.2, 0) is 35.1 Å². The van der Waals surface area contributed by atoms with Gasteiger partial charge in [0.25, 0.3) is 0 Å². The first-order chi connectivity index (χ1) is 17.7. The molecule has 0 saturated carbocycles. The Morgan fingerprint density at radius 1 is 0.784 bits per heavy atom. The van der Waals surface area contributed by atoms with Crippen molar-refractivity contribution in [1.82, 2.24) is 0 Å². The smallest absolute Gasteiger partial charge is 0.326 e. The van der Waals surface area contributed by atoms with Gasteiger partial charge in [0.2, 0.25) is 0 Å². The van der Waals surface area contributed by atoms with Crippen molar-refractivity contribution in [1.29, 1.82) is 0 Å². The van der Waals surface area contributed by atoms with E-state index in [1.54, 1.807) is 6.07 Å². The van der Waals surface area contributed by atoms with Gasteiger partial charge in [0.05, 0.1) is 13.7 Å². The molecule has 9 nitrogen and oxygen atoms in total. The van der Waals surface area contributed by atoms with E-state index < -0.39 is 23.4 Å². The molecule has 0 aliphatic heterocycles. The van der Waals surface area contributed by atoms with Gasteiger partial charge in [-0.3, -0.25) is 19.2 Å². The number of carbonyl (C=O) groups excluding carboxylic acids is 4. The van der Waals surface area contributed by atoms with Crippen LogP contribution in [0.3, 0.4) is 0 Å². The average Bonchev–Trinajstić information content (AvgIpc) is 2.87. The summed E-state index contributed by atoms with van der Waals surface area (Å²) in [5.74, 6) is -1.67. The van der Waals surface area contributed by atoms with Crippen molar-refractivity contribution in [2.24, 2.45) is 5.73 Å². The van der Waals surface area contributed by atoms with Crippen molar-refractivity contribution >= 4 is 23.9 Å². The zero-order chi connectivity index (χ0) is 27.7. The van der Waals surface area contributed by atoms with Crippen molar-refractivity contribution < 1.29 is 38.1 Å². The number of hydrogen-bond donors (Lipinski definition) is 1. The zero-order valence-corrected chi connectivity index (χ0v) is 22.8. The first kappa shape index (κ1) is 32.1. The second kappa shape index (κ2) is 17.5. The maximum Gasteiger partial charge on any atom is 0.326 e. The third-order valence-corrected chi connectivity index (χ3v) is 5.83. The summed E-state index contributed by atoms with van der Waals surface area (Å²) in [6.07, 6.45) is 6.53. The molecule has 0 fully saturated rings. The van der Waals surface area contributed by atoms with Gasteiger partial charge in [-0.25, -0.2) is 0 Å². The number of rotatable bonds is 18. The molecule has 0 saturated heterocycles. The minimum absolute atomic E-state index is 0.0244. The first-order valence-corrected chi connectivity index (χ1v) is 13.3. The number of nitrogens with two attached hydrogens (primary N) is 1. The Kier molecular flexibility index (Phi) is 15.2. The third kappa shape index (κ3) is 12.2. The number of carbonyl (C=O) groups is 4. The molecule has 1 rings (SSSR count). The lowest BCUT2D eigenvalue weighted by Crippen LogP contribution is -2.51. The highest BCUT2D eigenvalue weighted by atomic mass is 16.6. The third-order valence-electron chi connectivity index (χ3n) is 5.83. The molecule has 0 heterocycles. The van der Waals surface area contributed by atoms with Crippen molar-refractivity contribution in [3.05, 3.63) is 23.8 Å². The number of benzene rings is 1. The highest BCUT2D eigenvalue weighted by Crippen LogP contribution is 2.31. The standard InChI is InChI=1S/C28H43NO8/c1-5-8-11-14-24(30)35-18-17-28(29,27(33)34-4)20-21-15-16-22(36-25(31)12-9-6-2)23(19-21)37-26(32)13-10-7-3/h15-16,19H,5-14,17-18,20,29H2,1-4H3/t28-/m1/s1. The van der Waals surface area contributed by atoms with E-state index in [-0.39, 0.29) is 49.8 Å². The van der Waals surface area contributed by atoms with E-state index >= 15 is 0 Å². The monoisotopic (exact) mass is 521 g/mol. The van der Waals surface area contributed by atoms with Crippen LogP contribution in [0.4, 0.5) is 0 Å². The van der Waals surface area contributed by atoms with E-state index in [2.05, 4.69) is 0 Å². The number of esters is 4. The highest BCUT2D eigenvalue weighted by molar-refractivity contribution is 5.81. The molecular weight excluding hydrogens is 478 g/mol. The second-order valence-electron chi connectivity index (χ2n) is 9.19. The van der Waals surface area contributed by atoms with Gasteiger partial charge in [0.15, 0.2) is 11.5 Å². The van der Waals surface area contributed by atoms with Gasteiger partial charge in [-0.05, 0) is 37.0 Å². The molecular formula is C28H43NO8. The Bertz CT molecular complexity index is 885. The molecule has 1 aromatic carbocycles. The second-order valence-corrected chi connectivity index (χ2v) is 9.19. The molecule has 9 heteroatoms. The topological polar surface area (TPSA) is 131 Å². The van der Waals surface area contributed by atoms with Crippen LogP contribution in [0.25, 0.3) is 0 Å². The summed E-state index contributed by atoms with van der Waals surface area (Å²) < 4.78 is 21.1. The van der Waals surface area contributed by atoms with Crippen LogP contribution in [0, 0.1) is 0 Å². The molecule has 2 N–H and O–H groups in total. The van der Waals surface area contributed by atoms with Crippen LogP contribution in [0.2, 0.25) is 0 Å². The Morgan fingerprint density at radius 2 is 1.35 bits per heavy atom. The van der Waals surface area contributed by atoms with Crippen LogP contribution in [-0.4, -0.2) is 43.1 Å². The normalized spacial score (nSPS) is 12.4. The Balaban J connectivity index is 3.05. The molecule has 0 aliphatic rings. The predicted octanol–water partition coefficient (Wildman–Crippen LogP) is 4.80. The summed E-state index contributed by atoms with van der Waals surface area (Å²) in [7, 11) is 1.24. The summed E-state index contributed by atoms with van der Waals surface area (Å²) in [6, 6.07) is 4.70. The lowest BCUT2D eigenvalue weighted by molar-refractivity contribution is -0.151. The zero-order valence-electron chi connectivity index (χ0n) is 22.8. The van der Waals surface area contributed by atoms with Crippen LogP contribution in [0.5, 0.6) is 11.5 Å². The van der Waals surface area contributed by atoms with Crippen LogP contribution in [0.1, 0.15) is 97.0 Å². The molecule has 0 unspecified atom stereocenters. The molecule has 0 aliphatic carbocycles. The van der Waals surface area contributed by atoms with Crippen molar-refractivity contribution in [3.63, 3.8) is 0 Å². The molecule has 208 valence electrons. The minimum atomic E-state index is -1.48. The molecule has 0 bridgehead atoms. The SMILES string of the molecule is CCCCCC(=O)OCC[C@@](N)(Cc1ccc(OC(=O)CCCC)c(OC(=O)CCCC)c1)C(=O)OC. The number of unbranched alkanes of at least 4 members (excludes halogenated alkanes) is 4. The quantitative estimate of drug-likeness (QED) is 0.164. The number of ether oxygens (including phenoxy) is 4. The fourth-order valence-electron chi connectivity index (χ4n) is 3.58. The van der Waals surface area contributed by atoms with Crippen LogP contribution in [0.15, 0.2) is 18.2 Å². The summed E-state index contributed by atoms with van der Waals surface area (Å²) in [5, 5.41) is 0. The first-order valence-electron chi connectivity index (χ1n) is 13.3. The molecule has 1 atom stereocenters. The molecule has 37 heavy (non-hydrogen) atoms. The summed E-state index contributed by atoms with van der Waals surface area (Å²) >= 11 is 0.